The molecule has 0 radical (unpaired) electrons. The number of aryl methyl sites for hydroxylation is 1. The van der Waals surface area contributed by atoms with E-state index in [1.807, 2.05) is 43.3 Å². The second kappa shape index (κ2) is 4.31. The molecular formula is C15H13F. The standard InChI is InChI=1S/C15H13F/c1-3-12-6-4-5-7-13(12)14-9-8-11(2)10-15(14)16/h3-10H,1H2,2H3. The van der Waals surface area contributed by atoms with Crippen molar-refractivity contribution in [3.8, 4) is 11.1 Å². The maximum Gasteiger partial charge on any atom is 0.131 e. The van der Waals surface area contributed by atoms with Gasteiger partial charge in [-0.1, -0.05) is 49.1 Å². The van der Waals surface area contributed by atoms with Crippen molar-refractivity contribution in [2.45, 2.75) is 6.92 Å². The first kappa shape index (κ1) is 10.6. The van der Waals surface area contributed by atoms with E-state index in [1.165, 1.54) is 0 Å². The van der Waals surface area contributed by atoms with Gasteiger partial charge in [0.1, 0.15) is 5.82 Å². The minimum Gasteiger partial charge on any atom is -0.206 e. The molecule has 2 rings (SSSR count). The van der Waals surface area contributed by atoms with Crippen LogP contribution in [0.3, 0.4) is 0 Å². The van der Waals surface area contributed by atoms with Gasteiger partial charge in [-0.05, 0) is 29.7 Å². The van der Waals surface area contributed by atoms with E-state index in [0.29, 0.717) is 5.56 Å². The summed E-state index contributed by atoms with van der Waals surface area (Å²) in [5, 5.41) is 0. The summed E-state index contributed by atoms with van der Waals surface area (Å²) in [4.78, 5) is 0. The zero-order valence-electron chi connectivity index (χ0n) is 9.20. The van der Waals surface area contributed by atoms with Gasteiger partial charge in [0.25, 0.3) is 0 Å². The van der Waals surface area contributed by atoms with Crippen LogP contribution in [0.5, 0.6) is 0 Å². The molecule has 80 valence electrons. The first-order chi connectivity index (χ1) is 7.72. The van der Waals surface area contributed by atoms with Crippen LogP contribution in [0.15, 0.2) is 49.0 Å². The number of rotatable bonds is 2. The Morgan fingerprint density at radius 1 is 1.06 bits per heavy atom. The zero-order chi connectivity index (χ0) is 11.5. The van der Waals surface area contributed by atoms with Gasteiger partial charge < -0.3 is 0 Å². The molecule has 0 unspecified atom stereocenters. The van der Waals surface area contributed by atoms with E-state index in [1.54, 1.807) is 12.1 Å². The summed E-state index contributed by atoms with van der Waals surface area (Å²) in [5.41, 5.74) is 3.39. The highest BCUT2D eigenvalue weighted by Crippen LogP contribution is 2.27. The molecule has 0 fully saturated rings. The molecule has 16 heavy (non-hydrogen) atoms. The minimum atomic E-state index is -0.186. The quantitative estimate of drug-likeness (QED) is 0.690. The molecule has 2 aromatic carbocycles. The summed E-state index contributed by atoms with van der Waals surface area (Å²) in [6, 6.07) is 12.9. The molecule has 0 N–H and O–H groups in total. The molecule has 0 bridgehead atoms. The number of halogens is 1. The number of benzene rings is 2. The Labute approximate surface area is 95.1 Å². The monoisotopic (exact) mass is 212 g/mol. The Morgan fingerprint density at radius 2 is 1.81 bits per heavy atom. The lowest BCUT2D eigenvalue weighted by atomic mass is 9.98. The van der Waals surface area contributed by atoms with Crippen LogP contribution in [0.2, 0.25) is 0 Å². The maximum absolute atomic E-state index is 13.8. The third-order valence-corrected chi connectivity index (χ3v) is 2.60. The van der Waals surface area contributed by atoms with Crippen molar-refractivity contribution in [1.29, 1.82) is 0 Å². The second-order valence-electron chi connectivity index (χ2n) is 3.77. The van der Waals surface area contributed by atoms with Crippen molar-refractivity contribution < 1.29 is 4.39 Å². The maximum atomic E-state index is 13.8. The molecule has 0 saturated carbocycles. The fourth-order valence-electron chi connectivity index (χ4n) is 1.76. The molecule has 2 aromatic rings. The predicted octanol–water partition coefficient (Wildman–Crippen LogP) is 4.44. The first-order valence-electron chi connectivity index (χ1n) is 5.20. The van der Waals surface area contributed by atoms with Crippen LogP contribution in [0.1, 0.15) is 11.1 Å². The molecule has 0 aliphatic heterocycles. The first-order valence-corrected chi connectivity index (χ1v) is 5.20. The van der Waals surface area contributed by atoms with Crippen LogP contribution in [0, 0.1) is 12.7 Å². The molecule has 0 aliphatic carbocycles. The third kappa shape index (κ3) is 1.89. The van der Waals surface area contributed by atoms with Gasteiger partial charge in [0.05, 0.1) is 0 Å². The molecule has 0 atom stereocenters. The molecule has 0 spiro atoms. The van der Waals surface area contributed by atoms with Crippen molar-refractivity contribution in [1.82, 2.24) is 0 Å². The number of hydrogen-bond acceptors (Lipinski definition) is 0. The highest BCUT2D eigenvalue weighted by molar-refractivity contribution is 5.75. The summed E-state index contributed by atoms with van der Waals surface area (Å²) in [6.07, 6.45) is 1.74. The van der Waals surface area contributed by atoms with Crippen molar-refractivity contribution in [3.05, 3.63) is 66.0 Å². The Balaban J connectivity index is 2.62. The van der Waals surface area contributed by atoms with Gasteiger partial charge >= 0.3 is 0 Å². The Bertz CT molecular complexity index is 527. The van der Waals surface area contributed by atoms with Crippen molar-refractivity contribution >= 4 is 6.08 Å². The van der Waals surface area contributed by atoms with Gasteiger partial charge in [0, 0.05) is 5.56 Å². The summed E-state index contributed by atoms with van der Waals surface area (Å²) in [5.74, 6) is -0.186. The predicted molar refractivity (Wildman–Crippen MR) is 66.7 cm³/mol. The van der Waals surface area contributed by atoms with Gasteiger partial charge in [-0.25, -0.2) is 4.39 Å². The Morgan fingerprint density at radius 3 is 2.50 bits per heavy atom. The van der Waals surface area contributed by atoms with Crippen LogP contribution in [-0.4, -0.2) is 0 Å². The highest BCUT2D eigenvalue weighted by Gasteiger charge is 2.07. The Kier molecular flexibility index (Phi) is 2.86. The molecular weight excluding hydrogens is 199 g/mol. The average molecular weight is 212 g/mol. The molecule has 0 nitrogen and oxygen atoms in total. The fraction of sp³-hybridized carbons (Fsp3) is 0.0667. The van der Waals surface area contributed by atoms with Crippen LogP contribution in [0.25, 0.3) is 17.2 Å². The van der Waals surface area contributed by atoms with Crippen molar-refractivity contribution in [3.63, 3.8) is 0 Å². The zero-order valence-corrected chi connectivity index (χ0v) is 9.20. The SMILES string of the molecule is C=Cc1ccccc1-c1ccc(C)cc1F. The summed E-state index contributed by atoms with van der Waals surface area (Å²) in [6.45, 7) is 5.62. The third-order valence-electron chi connectivity index (χ3n) is 2.60. The van der Waals surface area contributed by atoms with Gasteiger partial charge in [0.15, 0.2) is 0 Å². The lowest BCUT2D eigenvalue weighted by Crippen LogP contribution is -1.88. The summed E-state index contributed by atoms with van der Waals surface area (Å²) >= 11 is 0. The summed E-state index contributed by atoms with van der Waals surface area (Å²) in [7, 11) is 0. The largest absolute Gasteiger partial charge is 0.206 e. The van der Waals surface area contributed by atoms with Gasteiger partial charge in [-0.15, -0.1) is 0 Å². The lowest BCUT2D eigenvalue weighted by Gasteiger charge is -2.07. The lowest BCUT2D eigenvalue weighted by molar-refractivity contribution is 0.630. The molecule has 0 saturated heterocycles. The van der Waals surface area contributed by atoms with Crippen molar-refractivity contribution in [2.24, 2.45) is 0 Å². The fourth-order valence-corrected chi connectivity index (χ4v) is 1.76. The molecule has 1 heteroatoms. The van der Waals surface area contributed by atoms with Gasteiger partial charge in [-0.2, -0.15) is 0 Å². The van der Waals surface area contributed by atoms with E-state index in [9.17, 15) is 4.39 Å². The smallest absolute Gasteiger partial charge is 0.131 e. The van der Waals surface area contributed by atoms with E-state index >= 15 is 0 Å². The molecule has 0 heterocycles. The van der Waals surface area contributed by atoms with E-state index in [-0.39, 0.29) is 5.82 Å². The van der Waals surface area contributed by atoms with Crippen LogP contribution in [-0.2, 0) is 0 Å². The van der Waals surface area contributed by atoms with E-state index < -0.39 is 0 Å². The molecule has 0 aliphatic rings. The topological polar surface area (TPSA) is 0 Å². The highest BCUT2D eigenvalue weighted by atomic mass is 19.1. The van der Waals surface area contributed by atoms with Crippen LogP contribution in [0.4, 0.5) is 4.39 Å². The van der Waals surface area contributed by atoms with E-state index in [0.717, 1.165) is 16.7 Å². The number of hydrogen-bond donors (Lipinski definition) is 0. The molecule has 0 amide bonds. The van der Waals surface area contributed by atoms with Crippen LogP contribution >= 0.6 is 0 Å². The summed E-state index contributed by atoms with van der Waals surface area (Å²) < 4.78 is 13.8. The Hall–Kier alpha value is -1.89. The normalized spacial score (nSPS) is 10.1. The van der Waals surface area contributed by atoms with Gasteiger partial charge in [-0.3, -0.25) is 0 Å². The van der Waals surface area contributed by atoms with Crippen molar-refractivity contribution in [2.75, 3.05) is 0 Å². The van der Waals surface area contributed by atoms with E-state index in [2.05, 4.69) is 6.58 Å². The second-order valence-corrected chi connectivity index (χ2v) is 3.77. The van der Waals surface area contributed by atoms with Crippen LogP contribution < -0.4 is 0 Å². The molecule has 0 aromatic heterocycles. The minimum absolute atomic E-state index is 0.186. The average Bonchev–Trinajstić information content (AvgIpc) is 2.29. The van der Waals surface area contributed by atoms with Gasteiger partial charge in [0.2, 0.25) is 0 Å². The van der Waals surface area contributed by atoms with E-state index in [4.69, 9.17) is 0 Å².